The molecule has 1 fully saturated rings. The number of halogens is 1. The van der Waals surface area contributed by atoms with E-state index in [0.717, 1.165) is 0 Å². The zero-order valence-corrected chi connectivity index (χ0v) is 14.0. The topological polar surface area (TPSA) is 74.7 Å². The normalized spacial score (nSPS) is 14.9. The molecule has 1 heterocycles. The van der Waals surface area contributed by atoms with Gasteiger partial charge in [-0.3, -0.25) is 9.59 Å². The van der Waals surface area contributed by atoms with Crippen molar-refractivity contribution >= 4 is 17.7 Å². The molecule has 134 valence electrons. The van der Waals surface area contributed by atoms with Crippen LogP contribution in [0.15, 0.2) is 48.5 Å². The lowest BCUT2D eigenvalue weighted by Crippen LogP contribution is -2.40. The number of benzene rings is 2. The second-order valence-electron chi connectivity index (χ2n) is 6.32. The van der Waals surface area contributed by atoms with Crippen LogP contribution in [0.2, 0.25) is 0 Å². The van der Waals surface area contributed by atoms with Crippen LogP contribution < -0.4 is 0 Å². The summed E-state index contributed by atoms with van der Waals surface area (Å²) in [6.45, 7) is 0.911. The second-order valence-corrected chi connectivity index (χ2v) is 6.32. The van der Waals surface area contributed by atoms with E-state index in [9.17, 15) is 18.8 Å². The Morgan fingerprint density at radius 3 is 1.88 bits per heavy atom. The predicted octanol–water partition coefficient (Wildman–Crippen LogP) is 3.26. The van der Waals surface area contributed by atoms with Gasteiger partial charge in [0.25, 0.3) is 5.91 Å². The summed E-state index contributed by atoms with van der Waals surface area (Å²) in [6, 6.07) is 11.3. The quantitative estimate of drug-likeness (QED) is 0.854. The lowest BCUT2D eigenvalue weighted by Gasteiger charge is -2.31. The van der Waals surface area contributed by atoms with Crippen molar-refractivity contribution in [3.05, 3.63) is 71.0 Å². The van der Waals surface area contributed by atoms with E-state index in [-0.39, 0.29) is 29.0 Å². The maximum absolute atomic E-state index is 13.0. The highest BCUT2D eigenvalue weighted by Gasteiger charge is 2.28. The Bertz CT molecular complexity index is 822. The third-order valence-electron chi connectivity index (χ3n) is 4.66. The van der Waals surface area contributed by atoms with Crippen molar-refractivity contribution in [1.82, 2.24) is 4.90 Å². The van der Waals surface area contributed by atoms with Crippen LogP contribution in [0.4, 0.5) is 4.39 Å². The minimum atomic E-state index is -1.04. The summed E-state index contributed by atoms with van der Waals surface area (Å²) in [6.07, 6.45) is 1.10. The first-order valence-corrected chi connectivity index (χ1v) is 8.38. The van der Waals surface area contributed by atoms with Crippen LogP contribution in [0, 0.1) is 11.7 Å². The van der Waals surface area contributed by atoms with Crippen LogP contribution in [-0.2, 0) is 0 Å². The van der Waals surface area contributed by atoms with Crippen LogP contribution in [0.1, 0.15) is 43.9 Å². The zero-order valence-electron chi connectivity index (χ0n) is 14.0. The van der Waals surface area contributed by atoms with Gasteiger partial charge >= 0.3 is 5.97 Å². The van der Waals surface area contributed by atoms with Gasteiger partial charge in [0.2, 0.25) is 0 Å². The molecular weight excluding hydrogens is 337 g/mol. The third kappa shape index (κ3) is 3.79. The predicted molar refractivity (Wildman–Crippen MR) is 92.8 cm³/mol. The van der Waals surface area contributed by atoms with Crippen molar-refractivity contribution in [3.8, 4) is 0 Å². The summed E-state index contributed by atoms with van der Waals surface area (Å²) in [5.74, 6) is -1.79. The molecule has 26 heavy (non-hydrogen) atoms. The number of nitrogens with zero attached hydrogens (tertiary/aromatic N) is 1. The van der Waals surface area contributed by atoms with Crippen molar-refractivity contribution in [2.75, 3.05) is 13.1 Å². The van der Waals surface area contributed by atoms with E-state index >= 15 is 0 Å². The third-order valence-corrected chi connectivity index (χ3v) is 4.66. The van der Waals surface area contributed by atoms with Gasteiger partial charge in [-0.1, -0.05) is 0 Å². The molecule has 0 bridgehead atoms. The van der Waals surface area contributed by atoms with Gasteiger partial charge in [0.1, 0.15) is 5.82 Å². The molecule has 0 aliphatic carbocycles. The number of Topliss-reactive ketones (excluding diaryl/α,β-unsaturated/α-hetero) is 1. The highest BCUT2D eigenvalue weighted by molar-refractivity contribution is 5.98. The van der Waals surface area contributed by atoms with Crippen molar-refractivity contribution in [2.24, 2.45) is 5.92 Å². The number of hydrogen-bond donors (Lipinski definition) is 1. The lowest BCUT2D eigenvalue weighted by molar-refractivity contribution is 0.0649. The first kappa shape index (κ1) is 17.8. The SMILES string of the molecule is O=C(O)c1ccc(C(=O)N2CCC(C(=O)c3ccc(F)cc3)CC2)cc1. The Labute approximate surface area is 150 Å². The van der Waals surface area contributed by atoms with E-state index < -0.39 is 5.97 Å². The summed E-state index contributed by atoms with van der Waals surface area (Å²) < 4.78 is 13.0. The van der Waals surface area contributed by atoms with E-state index in [1.54, 1.807) is 4.90 Å². The van der Waals surface area contributed by atoms with Gasteiger partial charge in [-0.15, -0.1) is 0 Å². The molecular formula is C20H18FNO4. The van der Waals surface area contributed by atoms with Crippen LogP contribution >= 0.6 is 0 Å². The molecule has 0 unspecified atom stereocenters. The Hall–Kier alpha value is -3.02. The van der Waals surface area contributed by atoms with Crippen LogP contribution in [0.5, 0.6) is 0 Å². The molecule has 0 saturated carbocycles. The molecule has 1 amide bonds. The Morgan fingerprint density at radius 2 is 1.35 bits per heavy atom. The van der Waals surface area contributed by atoms with Crippen LogP contribution in [-0.4, -0.2) is 40.8 Å². The highest BCUT2D eigenvalue weighted by Crippen LogP contribution is 2.23. The van der Waals surface area contributed by atoms with Gasteiger partial charge in [0.15, 0.2) is 5.78 Å². The second kappa shape index (κ2) is 7.47. The average Bonchev–Trinajstić information content (AvgIpc) is 2.67. The van der Waals surface area contributed by atoms with Gasteiger partial charge in [-0.05, 0) is 61.4 Å². The molecule has 0 radical (unpaired) electrons. The number of ketones is 1. The number of likely N-dealkylation sites (tertiary alicyclic amines) is 1. The monoisotopic (exact) mass is 355 g/mol. The van der Waals surface area contributed by atoms with Gasteiger partial charge < -0.3 is 10.0 Å². The zero-order chi connectivity index (χ0) is 18.7. The minimum absolute atomic E-state index is 0.0251. The molecule has 0 atom stereocenters. The summed E-state index contributed by atoms with van der Waals surface area (Å²) in [5.41, 5.74) is 1.05. The standard InChI is InChI=1S/C20H18FNO4/c21-17-7-5-13(6-8-17)18(23)14-9-11-22(12-10-14)19(24)15-1-3-16(4-2-15)20(25)26/h1-8,14H,9-12H2,(H,25,26). The molecule has 1 aliphatic rings. The fraction of sp³-hybridized carbons (Fsp3) is 0.250. The Morgan fingerprint density at radius 1 is 0.846 bits per heavy atom. The number of amides is 1. The molecule has 2 aromatic carbocycles. The molecule has 2 aromatic rings. The molecule has 1 N–H and O–H groups in total. The molecule has 1 aliphatic heterocycles. The Kier molecular flexibility index (Phi) is 5.11. The van der Waals surface area contributed by atoms with Crippen molar-refractivity contribution < 1.29 is 23.9 Å². The highest BCUT2D eigenvalue weighted by atomic mass is 19.1. The van der Waals surface area contributed by atoms with Crippen molar-refractivity contribution in [3.63, 3.8) is 0 Å². The maximum Gasteiger partial charge on any atom is 0.335 e. The summed E-state index contributed by atoms with van der Waals surface area (Å²) in [7, 11) is 0. The smallest absolute Gasteiger partial charge is 0.335 e. The number of carboxylic acids is 1. The van der Waals surface area contributed by atoms with Gasteiger partial charge in [0, 0.05) is 30.1 Å². The number of piperidine rings is 1. The maximum atomic E-state index is 13.0. The fourth-order valence-corrected chi connectivity index (χ4v) is 3.13. The number of carboxylic acid groups (broad SMARTS) is 1. The number of carbonyl (C=O) groups excluding carboxylic acids is 2. The number of hydrogen-bond acceptors (Lipinski definition) is 3. The summed E-state index contributed by atoms with van der Waals surface area (Å²) >= 11 is 0. The molecule has 0 aromatic heterocycles. The van der Waals surface area contributed by atoms with E-state index in [2.05, 4.69) is 0 Å². The summed E-state index contributed by atoms with van der Waals surface area (Å²) in [4.78, 5) is 37.5. The molecule has 3 rings (SSSR count). The van der Waals surface area contributed by atoms with Gasteiger partial charge in [0.05, 0.1) is 5.56 Å². The lowest BCUT2D eigenvalue weighted by atomic mass is 9.88. The van der Waals surface area contributed by atoms with Gasteiger partial charge in [-0.2, -0.15) is 0 Å². The van der Waals surface area contributed by atoms with Crippen LogP contribution in [0.25, 0.3) is 0 Å². The van der Waals surface area contributed by atoms with Gasteiger partial charge in [-0.25, -0.2) is 9.18 Å². The van der Waals surface area contributed by atoms with E-state index in [1.165, 1.54) is 48.5 Å². The molecule has 1 saturated heterocycles. The molecule has 6 heteroatoms. The molecule has 0 spiro atoms. The van der Waals surface area contributed by atoms with E-state index in [0.29, 0.717) is 37.1 Å². The average molecular weight is 355 g/mol. The summed E-state index contributed by atoms with van der Waals surface area (Å²) in [5, 5.41) is 8.91. The first-order valence-electron chi connectivity index (χ1n) is 8.38. The number of aromatic carboxylic acids is 1. The fourth-order valence-electron chi connectivity index (χ4n) is 3.13. The first-order chi connectivity index (χ1) is 12.5. The van der Waals surface area contributed by atoms with Crippen molar-refractivity contribution in [1.29, 1.82) is 0 Å². The Balaban J connectivity index is 1.60. The van der Waals surface area contributed by atoms with Crippen molar-refractivity contribution in [2.45, 2.75) is 12.8 Å². The minimum Gasteiger partial charge on any atom is -0.478 e. The van der Waals surface area contributed by atoms with E-state index in [1.807, 2.05) is 0 Å². The van der Waals surface area contributed by atoms with E-state index in [4.69, 9.17) is 5.11 Å². The number of carbonyl (C=O) groups is 3. The largest absolute Gasteiger partial charge is 0.478 e. The molecule has 5 nitrogen and oxygen atoms in total. The number of rotatable bonds is 4. The van der Waals surface area contributed by atoms with Crippen LogP contribution in [0.3, 0.4) is 0 Å².